The molecule has 1 aliphatic heterocycles. The number of hydrogen-bond donors (Lipinski definition) is 3. The minimum atomic E-state index is -1.00. The molecular weight excluding hydrogens is 626 g/mol. The van der Waals surface area contributed by atoms with Crippen LogP contribution in [0.3, 0.4) is 0 Å². The smallest absolute Gasteiger partial charge is 0.291 e. The molecule has 5 amide bonds. The van der Waals surface area contributed by atoms with E-state index in [2.05, 4.69) is 25.9 Å². The van der Waals surface area contributed by atoms with Crippen LogP contribution < -0.4 is 16.0 Å². The molecule has 0 spiro atoms. The molecule has 1 aromatic heterocycles. The van der Waals surface area contributed by atoms with E-state index in [1.165, 1.54) is 37.6 Å². The Balaban J connectivity index is 1.61. The van der Waals surface area contributed by atoms with Crippen LogP contribution in [-0.2, 0) is 24.0 Å². The largest absolute Gasteiger partial charge is 0.344 e. The molecule has 1 aromatic rings. The summed E-state index contributed by atoms with van der Waals surface area (Å²) >= 11 is 0. The molecule has 4 rings (SSSR count). The molecule has 3 aliphatic rings. The fourth-order valence-corrected chi connectivity index (χ4v) is 7.73. The maximum absolute atomic E-state index is 14.8. The summed E-state index contributed by atoms with van der Waals surface area (Å²) in [7, 11) is 2.99. The van der Waals surface area contributed by atoms with E-state index in [1.807, 2.05) is 27.7 Å². The number of carbonyl (C=O) groups is 6. The van der Waals surface area contributed by atoms with Crippen LogP contribution in [0.25, 0.3) is 0 Å². The third-order valence-corrected chi connectivity index (χ3v) is 10.4. The lowest BCUT2D eigenvalue weighted by Crippen LogP contribution is -2.63. The molecular formula is C36H55N7O6. The van der Waals surface area contributed by atoms with Gasteiger partial charge in [0.25, 0.3) is 11.8 Å². The highest BCUT2D eigenvalue weighted by Gasteiger charge is 2.51. The van der Waals surface area contributed by atoms with Crippen molar-refractivity contribution in [3.63, 3.8) is 0 Å². The zero-order valence-electron chi connectivity index (χ0n) is 30.0. The van der Waals surface area contributed by atoms with Gasteiger partial charge in [0.05, 0.1) is 12.2 Å². The van der Waals surface area contributed by atoms with Gasteiger partial charge < -0.3 is 25.8 Å². The Kier molecular flexibility index (Phi) is 12.9. The van der Waals surface area contributed by atoms with Crippen LogP contribution in [0.5, 0.6) is 0 Å². The number of amides is 5. The van der Waals surface area contributed by atoms with Crippen molar-refractivity contribution in [1.29, 1.82) is 0 Å². The number of fused-ring (bicyclic) bond motifs is 1. The summed E-state index contributed by atoms with van der Waals surface area (Å²) in [5, 5.41) is 8.76. The van der Waals surface area contributed by atoms with Crippen molar-refractivity contribution in [2.45, 2.75) is 135 Å². The Labute approximate surface area is 290 Å². The summed E-state index contributed by atoms with van der Waals surface area (Å²) < 4.78 is 0. The average Bonchev–Trinajstić information content (AvgIpc) is 3.48. The molecule has 0 radical (unpaired) electrons. The Bertz CT molecular complexity index is 1360. The first-order chi connectivity index (χ1) is 23.2. The van der Waals surface area contributed by atoms with Gasteiger partial charge in [0.15, 0.2) is 0 Å². The molecule has 1 saturated heterocycles. The fraction of sp³-hybridized carbons (Fsp3) is 0.722. The van der Waals surface area contributed by atoms with E-state index in [0.717, 1.165) is 57.8 Å². The molecule has 3 N–H and O–H groups in total. The van der Waals surface area contributed by atoms with E-state index in [9.17, 15) is 28.8 Å². The predicted molar refractivity (Wildman–Crippen MR) is 183 cm³/mol. The SMILES string of the molecule is CCC[C@H](NC(=O)[C@@H]1C[C@@H]2CCCC[C@@H]2N1C(=O)[C@@H](NC(=O)[C@@H](NC(=O)c1cnccn1)C1CCCCC1)C(C)(C)C)C(=O)C(=O)N(C)C. The molecule has 0 aromatic carbocycles. The summed E-state index contributed by atoms with van der Waals surface area (Å²) in [6.45, 7) is 7.49. The molecule has 2 aliphatic carbocycles. The molecule has 3 fully saturated rings. The number of nitrogens with one attached hydrogen (secondary N) is 3. The van der Waals surface area contributed by atoms with Crippen molar-refractivity contribution >= 4 is 35.3 Å². The minimum absolute atomic E-state index is 0.0981. The van der Waals surface area contributed by atoms with Gasteiger partial charge in [-0.3, -0.25) is 33.8 Å². The third-order valence-electron chi connectivity index (χ3n) is 10.4. The predicted octanol–water partition coefficient (Wildman–Crippen LogP) is 2.79. The maximum atomic E-state index is 14.8. The van der Waals surface area contributed by atoms with Crippen molar-refractivity contribution < 1.29 is 28.8 Å². The van der Waals surface area contributed by atoms with Crippen molar-refractivity contribution in [3.8, 4) is 0 Å². The molecule has 6 atom stereocenters. The zero-order valence-corrected chi connectivity index (χ0v) is 30.0. The van der Waals surface area contributed by atoms with E-state index in [4.69, 9.17) is 0 Å². The number of hydrogen-bond acceptors (Lipinski definition) is 8. The Morgan fingerprint density at radius 3 is 2.20 bits per heavy atom. The summed E-state index contributed by atoms with van der Waals surface area (Å²) in [6.07, 6.45) is 13.5. The Morgan fingerprint density at radius 1 is 0.918 bits per heavy atom. The second kappa shape index (κ2) is 16.7. The van der Waals surface area contributed by atoms with Crippen molar-refractivity contribution in [2.75, 3.05) is 14.1 Å². The van der Waals surface area contributed by atoms with E-state index in [-0.39, 0.29) is 29.5 Å². The van der Waals surface area contributed by atoms with Crippen LogP contribution in [0.1, 0.15) is 115 Å². The molecule has 2 saturated carbocycles. The number of carbonyl (C=O) groups excluding carboxylic acids is 6. The number of aromatic nitrogens is 2. The quantitative estimate of drug-likeness (QED) is 0.283. The van der Waals surface area contributed by atoms with E-state index >= 15 is 0 Å². The lowest BCUT2D eigenvalue weighted by molar-refractivity contribution is -0.148. The number of Topliss-reactive ketones (excluding diaryl/α,β-unsaturated/α-hetero) is 1. The molecule has 13 nitrogen and oxygen atoms in total. The van der Waals surface area contributed by atoms with Gasteiger partial charge in [-0.05, 0) is 55.8 Å². The van der Waals surface area contributed by atoms with Crippen LogP contribution in [0.2, 0.25) is 0 Å². The van der Waals surface area contributed by atoms with Crippen LogP contribution in [0.4, 0.5) is 0 Å². The number of likely N-dealkylation sites (tertiary alicyclic amines) is 1. The topological polar surface area (TPSA) is 171 Å². The molecule has 2 heterocycles. The number of rotatable bonds is 12. The van der Waals surface area contributed by atoms with Crippen molar-refractivity contribution in [3.05, 3.63) is 24.3 Å². The van der Waals surface area contributed by atoms with E-state index in [0.29, 0.717) is 19.3 Å². The average molecular weight is 682 g/mol. The van der Waals surface area contributed by atoms with Gasteiger partial charge in [-0.1, -0.05) is 66.2 Å². The van der Waals surface area contributed by atoms with Gasteiger partial charge in [-0.15, -0.1) is 0 Å². The Hall–Kier alpha value is -3.90. The standard InChI is InChI=1S/C36H55N7O6/c1-7-13-24(29(44)34(48)42(5)6)39-32(46)27-20-23-16-11-12-17-26(23)43(27)35(49)30(36(2,3)4)41-33(47)28(22-14-9-8-10-15-22)40-31(45)25-21-37-18-19-38-25/h18-19,21-24,26-28,30H,7-17,20H2,1-6H3,(H,39,46)(H,40,45)(H,41,47)/t23-,24-,26-,27-,28-,30+/m0/s1. The van der Waals surface area contributed by atoms with Gasteiger partial charge in [-0.2, -0.15) is 0 Å². The summed E-state index contributed by atoms with van der Waals surface area (Å²) in [4.78, 5) is 92.7. The van der Waals surface area contributed by atoms with Crippen LogP contribution in [0, 0.1) is 17.3 Å². The second-order valence-corrected chi connectivity index (χ2v) is 15.3. The van der Waals surface area contributed by atoms with Gasteiger partial charge in [-0.25, -0.2) is 4.98 Å². The first-order valence-electron chi connectivity index (χ1n) is 18.0. The van der Waals surface area contributed by atoms with Gasteiger partial charge in [0.1, 0.15) is 23.8 Å². The molecule has 49 heavy (non-hydrogen) atoms. The van der Waals surface area contributed by atoms with E-state index in [1.54, 1.807) is 4.90 Å². The van der Waals surface area contributed by atoms with Gasteiger partial charge >= 0.3 is 0 Å². The van der Waals surface area contributed by atoms with Crippen LogP contribution in [0.15, 0.2) is 18.6 Å². The first kappa shape index (κ1) is 37.9. The number of likely N-dealkylation sites (N-methyl/N-ethyl adjacent to an activating group) is 1. The van der Waals surface area contributed by atoms with Crippen LogP contribution >= 0.6 is 0 Å². The summed E-state index contributed by atoms with van der Waals surface area (Å²) in [5.74, 6) is -3.17. The van der Waals surface area contributed by atoms with Crippen molar-refractivity contribution in [1.82, 2.24) is 35.7 Å². The fourth-order valence-electron chi connectivity index (χ4n) is 7.73. The Morgan fingerprint density at radius 2 is 1.59 bits per heavy atom. The monoisotopic (exact) mass is 681 g/mol. The third kappa shape index (κ3) is 9.21. The number of nitrogens with zero attached hydrogens (tertiary/aromatic N) is 4. The summed E-state index contributed by atoms with van der Waals surface area (Å²) in [6, 6.07) is -3.93. The molecule has 270 valence electrons. The maximum Gasteiger partial charge on any atom is 0.291 e. The number of ketones is 1. The second-order valence-electron chi connectivity index (χ2n) is 15.3. The molecule has 13 heteroatoms. The van der Waals surface area contributed by atoms with Crippen molar-refractivity contribution in [2.24, 2.45) is 17.3 Å². The highest BCUT2D eigenvalue weighted by molar-refractivity contribution is 6.38. The van der Waals surface area contributed by atoms with Crippen LogP contribution in [-0.4, -0.2) is 99.4 Å². The van der Waals surface area contributed by atoms with Gasteiger partial charge in [0, 0.05) is 32.5 Å². The lowest BCUT2D eigenvalue weighted by Gasteiger charge is -2.40. The first-order valence-corrected chi connectivity index (χ1v) is 18.0. The highest BCUT2D eigenvalue weighted by atomic mass is 16.2. The van der Waals surface area contributed by atoms with E-state index < -0.39 is 59.0 Å². The minimum Gasteiger partial charge on any atom is -0.344 e. The highest BCUT2D eigenvalue weighted by Crippen LogP contribution is 2.41. The zero-order chi connectivity index (χ0) is 35.9. The summed E-state index contributed by atoms with van der Waals surface area (Å²) in [5.41, 5.74) is -0.647. The van der Waals surface area contributed by atoms with Gasteiger partial charge in [0.2, 0.25) is 23.5 Å². The lowest BCUT2D eigenvalue weighted by atomic mass is 9.81. The molecule has 0 unspecified atom stereocenters. The molecule has 0 bridgehead atoms. The normalized spacial score (nSPS) is 23.0.